The van der Waals surface area contributed by atoms with Crippen LogP contribution in [0.4, 0.5) is 4.79 Å². The summed E-state index contributed by atoms with van der Waals surface area (Å²) >= 11 is 0. The number of carbonyl (C=O) groups excluding carboxylic acids is 2. The van der Waals surface area contributed by atoms with Gasteiger partial charge in [-0.3, -0.25) is 4.79 Å². The second-order valence-electron chi connectivity index (χ2n) is 5.95. The van der Waals surface area contributed by atoms with Crippen LogP contribution < -0.4 is 5.32 Å². The molecule has 2 N–H and O–H groups in total. The summed E-state index contributed by atoms with van der Waals surface area (Å²) < 4.78 is 5.14. The molecule has 22 heavy (non-hydrogen) atoms. The highest BCUT2D eigenvalue weighted by molar-refractivity contribution is 5.98. The summed E-state index contributed by atoms with van der Waals surface area (Å²) in [5.74, 6) is 0. The zero-order chi connectivity index (χ0) is 16.2. The quantitative estimate of drug-likeness (QED) is 0.849. The molecular weight excluding hydrogens is 280 g/mol. The molecule has 2 aromatic rings. The van der Waals surface area contributed by atoms with Gasteiger partial charge in [-0.2, -0.15) is 0 Å². The Hall–Kier alpha value is -2.56. The van der Waals surface area contributed by atoms with E-state index in [-0.39, 0.29) is 0 Å². The molecule has 116 valence electrons. The molecule has 2 rings (SSSR count). The standard InChI is InChI=1S/C17H20N2O3/c1-17(2,3)22-16(21)18-8-4-5-12-6-7-15-14(9-12)13(11-20)10-19-15/h4-7,9-11,19H,8H2,1-3H3,(H,18,21). The predicted molar refractivity (Wildman–Crippen MR) is 87.0 cm³/mol. The first kappa shape index (κ1) is 15.8. The maximum atomic E-state index is 11.5. The van der Waals surface area contributed by atoms with Crippen molar-refractivity contribution < 1.29 is 14.3 Å². The molecule has 0 aliphatic carbocycles. The van der Waals surface area contributed by atoms with Crippen molar-refractivity contribution in [3.05, 3.63) is 41.6 Å². The van der Waals surface area contributed by atoms with Crippen LogP contribution in [0.3, 0.4) is 0 Å². The molecule has 0 saturated heterocycles. The van der Waals surface area contributed by atoms with Crippen LogP contribution in [0.2, 0.25) is 0 Å². The van der Waals surface area contributed by atoms with E-state index in [4.69, 9.17) is 4.74 Å². The molecular formula is C17H20N2O3. The number of alkyl carbamates (subject to hydrolysis) is 1. The van der Waals surface area contributed by atoms with Crippen LogP contribution >= 0.6 is 0 Å². The highest BCUT2D eigenvalue weighted by Gasteiger charge is 2.14. The summed E-state index contributed by atoms with van der Waals surface area (Å²) in [4.78, 5) is 25.5. The number of aldehydes is 1. The van der Waals surface area contributed by atoms with E-state index in [1.165, 1.54) is 0 Å². The van der Waals surface area contributed by atoms with Crippen molar-refractivity contribution in [1.82, 2.24) is 10.3 Å². The van der Waals surface area contributed by atoms with E-state index >= 15 is 0 Å². The van der Waals surface area contributed by atoms with Crippen LogP contribution in [0.25, 0.3) is 17.0 Å². The van der Waals surface area contributed by atoms with Crippen LogP contribution in [0, 0.1) is 0 Å². The predicted octanol–water partition coefficient (Wildman–Crippen LogP) is 3.52. The fraction of sp³-hybridized carbons (Fsp3) is 0.294. The third-order valence-corrected chi connectivity index (χ3v) is 2.94. The van der Waals surface area contributed by atoms with Crippen molar-refractivity contribution in [3.8, 4) is 0 Å². The Kier molecular flexibility index (Phi) is 4.65. The SMILES string of the molecule is CC(C)(C)OC(=O)NCC=Cc1ccc2[nH]cc(C=O)c2c1. The summed E-state index contributed by atoms with van der Waals surface area (Å²) in [5, 5.41) is 3.54. The molecule has 0 aliphatic heterocycles. The summed E-state index contributed by atoms with van der Waals surface area (Å²) in [6.07, 6.45) is 5.80. The van der Waals surface area contributed by atoms with Gasteiger partial charge in [-0.15, -0.1) is 0 Å². The lowest BCUT2D eigenvalue weighted by Gasteiger charge is -2.19. The molecule has 0 atom stereocenters. The van der Waals surface area contributed by atoms with E-state index in [0.717, 1.165) is 22.8 Å². The number of fused-ring (bicyclic) bond motifs is 1. The second kappa shape index (κ2) is 6.47. The van der Waals surface area contributed by atoms with E-state index in [2.05, 4.69) is 10.3 Å². The number of carbonyl (C=O) groups is 2. The maximum Gasteiger partial charge on any atom is 0.407 e. The highest BCUT2D eigenvalue weighted by atomic mass is 16.6. The monoisotopic (exact) mass is 300 g/mol. The van der Waals surface area contributed by atoms with Gasteiger partial charge in [0.1, 0.15) is 5.60 Å². The Bertz CT molecular complexity index is 708. The molecule has 0 bridgehead atoms. The number of nitrogens with one attached hydrogen (secondary N) is 2. The fourth-order valence-electron chi connectivity index (χ4n) is 2.01. The van der Waals surface area contributed by atoms with E-state index in [1.807, 2.05) is 51.1 Å². The van der Waals surface area contributed by atoms with Gasteiger partial charge in [-0.1, -0.05) is 18.2 Å². The Morgan fingerprint density at radius 2 is 2.14 bits per heavy atom. The van der Waals surface area contributed by atoms with Gasteiger partial charge in [-0.25, -0.2) is 4.79 Å². The summed E-state index contributed by atoms with van der Waals surface area (Å²) in [7, 11) is 0. The van der Waals surface area contributed by atoms with Gasteiger partial charge in [0, 0.05) is 29.2 Å². The minimum absolute atomic E-state index is 0.376. The first-order chi connectivity index (χ1) is 10.4. The minimum Gasteiger partial charge on any atom is -0.444 e. The zero-order valence-corrected chi connectivity index (χ0v) is 13.0. The van der Waals surface area contributed by atoms with E-state index in [1.54, 1.807) is 6.20 Å². The number of hydrogen-bond donors (Lipinski definition) is 2. The van der Waals surface area contributed by atoms with Crippen molar-refractivity contribution in [2.24, 2.45) is 0 Å². The van der Waals surface area contributed by atoms with Crippen LogP contribution in [0.15, 0.2) is 30.5 Å². The average molecular weight is 300 g/mol. The molecule has 1 amide bonds. The molecule has 0 aliphatic rings. The number of rotatable bonds is 4. The van der Waals surface area contributed by atoms with Crippen molar-refractivity contribution in [2.45, 2.75) is 26.4 Å². The Balaban J connectivity index is 1.96. The van der Waals surface area contributed by atoms with Gasteiger partial charge in [0.15, 0.2) is 6.29 Å². The molecule has 1 aromatic carbocycles. The molecule has 0 unspecified atom stereocenters. The van der Waals surface area contributed by atoms with Gasteiger partial charge in [0.05, 0.1) is 0 Å². The highest BCUT2D eigenvalue weighted by Crippen LogP contribution is 2.19. The normalized spacial score (nSPS) is 11.8. The van der Waals surface area contributed by atoms with Crippen molar-refractivity contribution in [1.29, 1.82) is 0 Å². The lowest BCUT2D eigenvalue weighted by atomic mass is 10.1. The Labute approximate surface area is 129 Å². The van der Waals surface area contributed by atoms with Crippen LogP contribution in [0.5, 0.6) is 0 Å². The molecule has 5 heteroatoms. The molecule has 1 heterocycles. The first-order valence-corrected chi connectivity index (χ1v) is 7.09. The number of aromatic nitrogens is 1. The van der Waals surface area contributed by atoms with Crippen LogP contribution in [-0.4, -0.2) is 29.5 Å². The molecule has 0 fully saturated rings. The smallest absolute Gasteiger partial charge is 0.407 e. The van der Waals surface area contributed by atoms with Crippen molar-refractivity contribution >= 4 is 29.4 Å². The largest absolute Gasteiger partial charge is 0.444 e. The van der Waals surface area contributed by atoms with E-state index < -0.39 is 11.7 Å². The number of amides is 1. The average Bonchev–Trinajstić information content (AvgIpc) is 2.84. The third-order valence-electron chi connectivity index (χ3n) is 2.94. The summed E-state index contributed by atoms with van der Waals surface area (Å²) in [6.45, 7) is 5.83. The van der Waals surface area contributed by atoms with Gasteiger partial charge in [0.25, 0.3) is 0 Å². The van der Waals surface area contributed by atoms with Gasteiger partial charge < -0.3 is 15.0 Å². The van der Waals surface area contributed by atoms with Crippen molar-refractivity contribution in [3.63, 3.8) is 0 Å². The molecule has 5 nitrogen and oxygen atoms in total. The first-order valence-electron chi connectivity index (χ1n) is 7.09. The lowest BCUT2D eigenvalue weighted by Crippen LogP contribution is -2.32. The topological polar surface area (TPSA) is 71.2 Å². The van der Waals surface area contributed by atoms with Gasteiger partial charge in [0.2, 0.25) is 0 Å². The number of ether oxygens (including phenoxy) is 1. The molecule has 1 aromatic heterocycles. The summed E-state index contributed by atoms with van der Waals surface area (Å²) in [5.41, 5.74) is 2.02. The van der Waals surface area contributed by atoms with Gasteiger partial charge in [-0.05, 0) is 38.5 Å². The zero-order valence-electron chi connectivity index (χ0n) is 13.0. The molecule has 0 spiro atoms. The minimum atomic E-state index is -0.502. The van der Waals surface area contributed by atoms with Crippen LogP contribution in [0.1, 0.15) is 36.7 Å². The Morgan fingerprint density at radius 1 is 1.36 bits per heavy atom. The van der Waals surface area contributed by atoms with Gasteiger partial charge >= 0.3 is 6.09 Å². The Morgan fingerprint density at radius 3 is 2.82 bits per heavy atom. The summed E-state index contributed by atoms with van der Waals surface area (Å²) in [6, 6.07) is 5.79. The second-order valence-corrected chi connectivity index (χ2v) is 5.95. The molecule has 0 radical (unpaired) electrons. The fourth-order valence-corrected chi connectivity index (χ4v) is 2.01. The molecule has 0 saturated carbocycles. The van der Waals surface area contributed by atoms with Crippen LogP contribution in [-0.2, 0) is 4.74 Å². The maximum absolute atomic E-state index is 11.5. The number of hydrogen-bond acceptors (Lipinski definition) is 3. The van der Waals surface area contributed by atoms with E-state index in [9.17, 15) is 9.59 Å². The number of H-pyrrole nitrogens is 1. The third kappa shape index (κ3) is 4.22. The number of aromatic amines is 1. The van der Waals surface area contributed by atoms with Crippen molar-refractivity contribution in [2.75, 3.05) is 6.54 Å². The lowest BCUT2D eigenvalue weighted by molar-refractivity contribution is 0.0534. The number of benzene rings is 1. The van der Waals surface area contributed by atoms with E-state index in [0.29, 0.717) is 12.1 Å².